The van der Waals surface area contributed by atoms with Crippen LogP contribution in [0.1, 0.15) is 25.6 Å². The Morgan fingerprint density at radius 3 is 3.00 bits per heavy atom. The Morgan fingerprint density at radius 2 is 2.47 bits per heavy atom. The van der Waals surface area contributed by atoms with Gasteiger partial charge in [-0.15, -0.1) is 0 Å². The number of nitrogens with zero attached hydrogens (tertiary/aromatic N) is 2. The second kappa shape index (κ2) is 4.04. The summed E-state index contributed by atoms with van der Waals surface area (Å²) in [5.41, 5.74) is 0. The molecule has 0 aromatic carbocycles. The van der Waals surface area contributed by atoms with Crippen LogP contribution in [0.15, 0.2) is 12.4 Å². The molecule has 4 heteroatoms. The van der Waals surface area contributed by atoms with Crippen molar-refractivity contribution in [2.24, 2.45) is 11.8 Å². The summed E-state index contributed by atoms with van der Waals surface area (Å²) in [5.74, 6) is 1.87. The number of rotatable bonds is 4. The molecule has 1 amide bonds. The predicted octanol–water partition coefficient (Wildman–Crippen LogP) is 1.41. The van der Waals surface area contributed by atoms with Crippen molar-refractivity contribution in [3.05, 3.63) is 18.2 Å². The maximum atomic E-state index is 11.9. The molecule has 0 bridgehead atoms. The van der Waals surface area contributed by atoms with Crippen LogP contribution in [0, 0.1) is 11.8 Å². The highest BCUT2D eigenvalue weighted by Crippen LogP contribution is 2.37. The lowest BCUT2D eigenvalue weighted by Gasteiger charge is -2.20. The molecule has 1 atom stereocenters. The van der Waals surface area contributed by atoms with E-state index in [9.17, 15) is 4.79 Å². The molecule has 4 nitrogen and oxygen atoms in total. The molecule has 0 radical (unpaired) electrons. The number of imidazole rings is 1. The Balaban J connectivity index is 1.89. The number of H-pyrrole nitrogens is 1. The summed E-state index contributed by atoms with van der Waals surface area (Å²) in [6, 6.07) is 0. The van der Waals surface area contributed by atoms with Crippen LogP contribution in [0.4, 0.5) is 0 Å². The van der Waals surface area contributed by atoms with Crippen LogP contribution in [-0.2, 0) is 11.3 Å². The fourth-order valence-electron chi connectivity index (χ4n) is 1.83. The summed E-state index contributed by atoms with van der Waals surface area (Å²) < 4.78 is 0. The molecule has 15 heavy (non-hydrogen) atoms. The fraction of sp³-hybridized carbons (Fsp3) is 0.636. The first-order chi connectivity index (χ1) is 7.18. The molecular formula is C11H17N3O. The lowest BCUT2D eigenvalue weighted by molar-refractivity contribution is -0.134. The maximum Gasteiger partial charge on any atom is 0.225 e. The standard InChI is InChI=1S/C11H17N3O/c1-8(9-3-4-9)11(15)14(2)7-10-12-5-6-13-10/h5-6,8-9H,3-4,7H2,1-2H3,(H,12,13). The van der Waals surface area contributed by atoms with Crippen molar-refractivity contribution in [1.82, 2.24) is 14.9 Å². The molecule has 1 fully saturated rings. The van der Waals surface area contributed by atoms with Gasteiger partial charge < -0.3 is 9.88 Å². The highest BCUT2D eigenvalue weighted by molar-refractivity contribution is 5.78. The van der Waals surface area contributed by atoms with Crippen molar-refractivity contribution < 1.29 is 4.79 Å². The molecule has 1 aromatic heterocycles. The number of amides is 1. The molecule has 0 aliphatic heterocycles. The van der Waals surface area contributed by atoms with Gasteiger partial charge in [-0.05, 0) is 18.8 Å². The minimum atomic E-state index is 0.171. The minimum absolute atomic E-state index is 0.171. The molecule has 1 aromatic rings. The third-order valence-electron chi connectivity index (χ3n) is 3.04. The van der Waals surface area contributed by atoms with E-state index >= 15 is 0 Å². The summed E-state index contributed by atoms with van der Waals surface area (Å²) in [6.07, 6.45) is 5.90. The quantitative estimate of drug-likeness (QED) is 0.811. The van der Waals surface area contributed by atoms with Gasteiger partial charge in [-0.3, -0.25) is 4.79 Å². The van der Waals surface area contributed by atoms with E-state index in [1.165, 1.54) is 12.8 Å². The third kappa shape index (κ3) is 2.37. The lowest BCUT2D eigenvalue weighted by Crippen LogP contribution is -2.32. The average Bonchev–Trinajstić information content (AvgIpc) is 2.96. The van der Waals surface area contributed by atoms with Crippen LogP contribution in [-0.4, -0.2) is 27.8 Å². The Kier molecular flexibility index (Phi) is 2.75. The van der Waals surface area contributed by atoms with Gasteiger partial charge in [0.1, 0.15) is 5.82 Å². The van der Waals surface area contributed by atoms with Crippen LogP contribution >= 0.6 is 0 Å². The number of carbonyl (C=O) groups excluding carboxylic acids is 1. The Hall–Kier alpha value is -1.32. The van der Waals surface area contributed by atoms with Crippen molar-refractivity contribution in [3.63, 3.8) is 0 Å². The number of hydrogen-bond acceptors (Lipinski definition) is 2. The molecule has 2 rings (SSSR count). The summed E-state index contributed by atoms with van der Waals surface area (Å²) >= 11 is 0. The first-order valence-corrected chi connectivity index (χ1v) is 5.41. The van der Waals surface area contributed by atoms with Gasteiger partial charge in [-0.25, -0.2) is 4.98 Å². The minimum Gasteiger partial charge on any atom is -0.347 e. The van der Waals surface area contributed by atoms with E-state index in [2.05, 4.69) is 9.97 Å². The number of carbonyl (C=O) groups is 1. The zero-order chi connectivity index (χ0) is 10.8. The summed E-state index contributed by atoms with van der Waals surface area (Å²) in [4.78, 5) is 20.8. The van der Waals surface area contributed by atoms with E-state index in [-0.39, 0.29) is 11.8 Å². The van der Waals surface area contributed by atoms with Gasteiger partial charge in [0.15, 0.2) is 0 Å². The van der Waals surface area contributed by atoms with Crippen molar-refractivity contribution in [1.29, 1.82) is 0 Å². The first-order valence-electron chi connectivity index (χ1n) is 5.41. The molecule has 0 saturated heterocycles. The van der Waals surface area contributed by atoms with Crippen molar-refractivity contribution in [3.8, 4) is 0 Å². The Labute approximate surface area is 89.7 Å². The second-order valence-corrected chi connectivity index (χ2v) is 4.36. The maximum absolute atomic E-state index is 11.9. The Morgan fingerprint density at radius 1 is 1.73 bits per heavy atom. The number of nitrogens with one attached hydrogen (secondary N) is 1. The molecule has 1 aliphatic carbocycles. The SMILES string of the molecule is CC(C(=O)N(C)Cc1ncc[nH]1)C1CC1. The highest BCUT2D eigenvalue weighted by Gasteiger charge is 2.34. The summed E-state index contributed by atoms with van der Waals surface area (Å²) in [6.45, 7) is 2.60. The summed E-state index contributed by atoms with van der Waals surface area (Å²) in [7, 11) is 1.84. The monoisotopic (exact) mass is 207 g/mol. The molecule has 1 saturated carbocycles. The van der Waals surface area contributed by atoms with Crippen LogP contribution < -0.4 is 0 Å². The molecule has 1 unspecified atom stereocenters. The van der Waals surface area contributed by atoms with Crippen LogP contribution in [0.5, 0.6) is 0 Å². The van der Waals surface area contributed by atoms with E-state index in [0.717, 1.165) is 5.82 Å². The van der Waals surface area contributed by atoms with Crippen molar-refractivity contribution in [2.75, 3.05) is 7.05 Å². The molecular weight excluding hydrogens is 190 g/mol. The number of aromatic amines is 1. The Bertz CT molecular complexity index is 330. The van der Waals surface area contributed by atoms with Crippen molar-refractivity contribution >= 4 is 5.91 Å². The van der Waals surface area contributed by atoms with Crippen LogP contribution in [0.25, 0.3) is 0 Å². The third-order valence-corrected chi connectivity index (χ3v) is 3.04. The molecule has 1 aliphatic rings. The summed E-state index contributed by atoms with van der Waals surface area (Å²) in [5, 5.41) is 0. The van der Waals surface area contributed by atoms with Gasteiger partial charge in [-0.2, -0.15) is 0 Å². The normalized spacial score (nSPS) is 17.5. The van der Waals surface area contributed by atoms with Gasteiger partial charge in [0.25, 0.3) is 0 Å². The zero-order valence-electron chi connectivity index (χ0n) is 9.23. The fourth-order valence-corrected chi connectivity index (χ4v) is 1.83. The number of aromatic nitrogens is 2. The van der Waals surface area contributed by atoms with E-state index in [4.69, 9.17) is 0 Å². The molecule has 1 heterocycles. The molecule has 0 spiro atoms. The van der Waals surface area contributed by atoms with Gasteiger partial charge >= 0.3 is 0 Å². The highest BCUT2D eigenvalue weighted by atomic mass is 16.2. The largest absolute Gasteiger partial charge is 0.347 e. The first kappa shape index (κ1) is 10.2. The number of hydrogen-bond donors (Lipinski definition) is 1. The van der Waals surface area contributed by atoms with E-state index in [0.29, 0.717) is 12.5 Å². The van der Waals surface area contributed by atoms with E-state index < -0.39 is 0 Å². The second-order valence-electron chi connectivity index (χ2n) is 4.36. The topological polar surface area (TPSA) is 49.0 Å². The van der Waals surface area contributed by atoms with Crippen LogP contribution in [0.2, 0.25) is 0 Å². The van der Waals surface area contributed by atoms with E-state index in [1.54, 1.807) is 17.3 Å². The zero-order valence-corrected chi connectivity index (χ0v) is 9.23. The molecule has 1 N–H and O–H groups in total. The van der Waals surface area contributed by atoms with Gasteiger partial charge in [-0.1, -0.05) is 6.92 Å². The van der Waals surface area contributed by atoms with Gasteiger partial charge in [0, 0.05) is 25.4 Å². The van der Waals surface area contributed by atoms with Crippen molar-refractivity contribution in [2.45, 2.75) is 26.3 Å². The van der Waals surface area contributed by atoms with Crippen LogP contribution in [0.3, 0.4) is 0 Å². The van der Waals surface area contributed by atoms with E-state index in [1.807, 2.05) is 14.0 Å². The average molecular weight is 207 g/mol. The molecule has 82 valence electrons. The predicted molar refractivity (Wildman–Crippen MR) is 56.9 cm³/mol. The van der Waals surface area contributed by atoms with Gasteiger partial charge in [0.05, 0.1) is 6.54 Å². The lowest BCUT2D eigenvalue weighted by atomic mass is 10.1. The van der Waals surface area contributed by atoms with Gasteiger partial charge in [0.2, 0.25) is 5.91 Å². The smallest absolute Gasteiger partial charge is 0.225 e.